The van der Waals surface area contributed by atoms with Crippen LogP contribution >= 0.6 is 0 Å². The van der Waals surface area contributed by atoms with Gasteiger partial charge >= 0.3 is 0 Å². The number of hydrogen-bond donors (Lipinski definition) is 1. The molecule has 0 spiro atoms. The highest BCUT2D eigenvalue weighted by molar-refractivity contribution is 5.60. The van der Waals surface area contributed by atoms with E-state index in [1.807, 2.05) is 0 Å². The van der Waals surface area contributed by atoms with Gasteiger partial charge in [0.15, 0.2) is 0 Å². The van der Waals surface area contributed by atoms with E-state index in [4.69, 9.17) is 14.6 Å². The van der Waals surface area contributed by atoms with Crippen LogP contribution < -0.4 is 10.4 Å². The third-order valence-electron chi connectivity index (χ3n) is 2.85. The van der Waals surface area contributed by atoms with Crippen LogP contribution in [0.4, 0.5) is 0 Å². The first kappa shape index (κ1) is 17.4. The molecule has 4 nitrogen and oxygen atoms in total. The van der Waals surface area contributed by atoms with Crippen LogP contribution in [0.3, 0.4) is 0 Å². The van der Waals surface area contributed by atoms with Crippen LogP contribution in [0.15, 0.2) is 0 Å². The molecule has 0 bridgehead atoms. The maximum absolute atomic E-state index is 8.89. The largest absolute Gasteiger partial charge is 0.550 e. The van der Waals surface area contributed by atoms with Gasteiger partial charge in [-0.3, -0.25) is 0 Å². The second-order valence-electron chi connectivity index (χ2n) is 6.51. The van der Waals surface area contributed by atoms with Crippen LogP contribution in [-0.4, -0.2) is 29.8 Å². The second kappa shape index (κ2) is 7.10. The Kier molecular flexibility index (Phi) is 6.86. The van der Waals surface area contributed by atoms with Crippen molar-refractivity contribution in [2.75, 3.05) is 6.61 Å². The lowest BCUT2D eigenvalue weighted by molar-refractivity contribution is -0.789. The zero-order valence-corrected chi connectivity index (χ0v) is 12.7. The Hall–Kier alpha value is -0.610. The molecule has 0 aromatic rings. The summed E-state index contributed by atoms with van der Waals surface area (Å²) >= 11 is 0. The summed E-state index contributed by atoms with van der Waals surface area (Å²) in [4.78, 5) is 8.89. The van der Waals surface area contributed by atoms with Crippen LogP contribution in [0.5, 0.6) is 0 Å². The fourth-order valence-electron chi connectivity index (χ4n) is 2.82. The summed E-state index contributed by atoms with van der Waals surface area (Å²) in [7, 11) is 0. The summed E-state index contributed by atoms with van der Waals surface area (Å²) in [6.07, 6.45) is 3.94. The Labute approximate surface area is 111 Å². The molecule has 1 fully saturated rings. The molecule has 108 valence electrons. The van der Waals surface area contributed by atoms with Crippen molar-refractivity contribution in [2.45, 2.75) is 78.0 Å². The average molecular weight is 259 g/mol. The van der Waals surface area contributed by atoms with E-state index in [1.165, 1.54) is 12.8 Å². The number of aliphatic carboxylic acids is 1. The Bertz CT molecular complexity index is 242. The third kappa shape index (κ3) is 8.48. The SMILES string of the molecule is CC(=O)[O-].CCCOC1CC(C)(C)[NH2+]C(C)(C)C1. The fourth-order valence-corrected chi connectivity index (χ4v) is 2.82. The van der Waals surface area contributed by atoms with Crippen molar-refractivity contribution < 1.29 is 20.0 Å². The number of carboxylic acids is 1. The lowest BCUT2D eigenvalue weighted by Crippen LogP contribution is -3.05. The van der Waals surface area contributed by atoms with Gasteiger partial charge in [-0.1, -0.05) is 6.92 Å². The minimum absolute atomic E-state index is 0.333. The summed E-state index contributed by atoms with van der Waals surface area (Å²) in [6.45, 7) is 13.3. The summed E-state index contributed by atoms with van der Waals surface area (Å²) in [5.74, 6) is -1.08. The quantitative estimate of drug-likeness (QED) is 0.800. The van der Waals surface area contributed by atoms with E-state index in [0.29, 0.717) is 17.2 Å². The first-order valence-electron chi connectivity index (χ1n) is 6.74. The predicted octanol–water partition coefficient (Wildman–Crippen LogP) is 0.452. The minimum atomic E-state index is -1.08. The molecule has 0 saturated carbocycles. The molecule has 0 radical (unpaired) electrons. The van der Waals surface area contributed by atoms with Crippen molar-refractivity contribution >= 4 is 5.97 Å². The molecule has 0 aliphatic carbocycles. The number of carbonyl (C=O) groups excluding carboxylic acids is 1. The standard InChI is InChI=1S/C12H25NO.C2H4O2/c1-6-7-14-10-8-11(2,3)13-12(4,5)9-10;1-2(3)4/h10,13H,6-9H2,1-5H3;1H3,(H,3,4). The zero-order valence-electron chi connectivity index (χ0n) is 12.7. The summed E-state index contributed by atoms with van der Waals surface area (Å²) in [5.41, 5.74) is 0.667. The molecule has 2 N–H and O–H groups in total. The fraction of sp³-hybridized carbons (Fsp3) is 0.929. The van der Waals surface area contributed by atoms with E-state index < -0.39 is 5.97 Å². The Morgan fingerprint density at radius 2 is 1.67 bits per heavy atom. The number of carbonyl (C=O) groups is 1. The summed E-state index contributed by atoms with van der Waals surface area (Å²) in [5, 5.41) is 11.4. The summed E-state index contributed by atoms with van der Waals surface area (Å²) < 4.78 is 5.88. The van der Waals surface area contributed by atoms with Crippen molar-refractivity contribution in [1.82, 2.24) is 0 Å². The molecular formula is C14H29NO3. The van der Waals surface area contributed by atoms with Gasteiger partial charge < -0.3 is 20.0 Å². The van der Waals surface area contributed by atoms with Gasteiger partial charge in [0.05, 0.1) is 17.2 Å². The Morgan fingerprint density at radius 3 is 2.00 bits per heavy atom. The number of quaternary nitrogens is 1. The molecule has 0 unspecified atom stereocenters. The topological polar surface area (TPSA) is 66.0 Å². The predicted molar refractivity (Wildman–Crippen MR) is 70.0 cm³/mol. The maximum atomic E-state index is 8.89. The molecule has 0 aromatic carbocycles. The van der Waals surface area contributed by atoms with Gasteiger partial charge in [0.1, 0.15) is 0 Å². The van der Waals surface area contributed by atoms with Gasteiger partial charge in [0, 0.05) is 25.4 Å². The van der Waals surface area contributed by atoms with Gasteiger partial charge in [-0.2, -0.15) is 0 Å². The smallest absolute Gasteiger partial charge is 0.0933 e. The lowest BCUT2D eigenvalue weighted by atomic mass is 9.81. The Balaban J connectivity index is 0.000000631. The number of ether oxygens (including phenoxy) is 1. The van der Waals surface area contributed by atoms with E-state index in [9.17, 15) is 0 Å². The molecule has 4 heteroatoms. The molecule has 1 rings (SSSR count). The lowest BCUT2D eigenvalue weighted by Gasteiger charge is -2.42. The molecule has 1 aliphatic heterocycles. The van der Waals surface area contributed by atoms with Crippen LogP contribution in [-0.2, 0) is 9.53 Å². The van der Waals surface area contributed by atoms with Crippen molar-refractivity contribution in [3.63, 3.8) is 0 Å². The number of rotatable bonds is 3. The van der Waals surface area contributed by atoms with Crippen molar-refractivity contribution in [2.24, 2.45) is 0 Å². The van der Waals surface area contributed by atoms with Gasteiger partial charge in [-0.15, -0.1) is 0 Å². The normalized spacial score (nSPS) is 21.9. The molecule has 1 heterocycles. The molecule has 18 heavy (non-hydrogen) atoms. The minimum Gasteiger partial charge on any atom is -0.550 e. The molecule has 1 aliphatic rings. The first-order valence-corrected chi connectivity index (χ1v) is 6.74. The molecule has 0 amide bonds. The highest BCUT2D eigenvalue weighted by atomic mass is 16.5. The third-order valence-corrected chi connectivity index (χ3v) is 2.85. The van der Waals surface area contributed by atoms with E-state index in [0.717, 1.165) is 20.0 Å². The average Bonchev–Trinajstić information content (AvgIpc) is 2.08. The molecule has 0 aromatic heterocycles. The summed E-state index contributed by atoms with van der Waals surface area (Å²) in [6, 6.07) is 0. The zero-order chi connectivity index (χ0) is 14.4. The van der Waals surface area contributed by atoms with Crippen LogP contribution in [0.25, 0.3) is 0 Å². The van der Waals surface area contributed by atoms with Gasteiger partial charge in [0.2, 0.25) is 0 Å². The number of carboxylic acid groups (broad SMARTS) is 1. The van der Waals surface area contributed by atoms with E-state index in [1.54, 1.807) is 0 Å². The monoisotopic (exact) mass is 259 g/mol. The molecule has 1 saturated heterocycles. The van der Waals surface area contributed by atoms with E-state index in [-0.39, 0.29) is 0 Å². The van der Waals surface area contributed by atoms with Crippen LogP contribution in [0, 0.1) is 0 Å². The first-order chi connectivity index (χ1) is 8.08. The van der Waals surface area contributed by atoms with Crippen molar-refractivity contribution in [3.8, 4) is 0 Å². The van der Waals surface area contributed by atoms with Gasteiger partial charge in [0.25, 0.3) is 0 Å². The van der Waals surface area contributed by atoms with E-state index >= 15 is 0 Å². The number of nitrogens with two attached hydrogens (primary N) is 1. The second-order valence-corrected chi connectivity index (χ2v) is 6.51. The molecular weight excluding hydrogens is 230 g/mol. The highest BCUT2D eigenvalue weighted by Gasteiger charge is 2.41. The maximum Gasteiger partial charge on any atom is 0.0933 e. The van der Waals surface area contributed by atoms with Crippen molar-refractivity contribution in [1.29, 1.82) is 0 Å². The van der Waals surface area contributed by atoms with Crippen LogP contribution in [0.2, 0.25) is 0 Å². The van der Waals surface area contributed by atoms with E-state index in [2.05, 4.69) is 39.9 Å². The van der Waals surface area contributed by atoms with Gasteiger partial charge in [-0.25, -0.2) is 0 Å². The molecule has 0 atom stereocenters. The van der Waals surface area contributed by atoms with Crippen molar-refractivity contribution in [3.05, 3.63) is 0 Å². The van der Waals surface area contributed by atoms with Gasteiger partial charge in [-0.05, 0) is 41.0 Å². The number of hydrogen-bond acceptors (Lipinski definition) is 3. The highest BCUT2D eigenvalue weighted by Crippen LogP contribution is 2.24. The Morgan fingerprint density at radius 1 is 1.28 bits per heavy atom. The number of piperidine rings is 1. The van der Waals surface area contributed by atoms with Crippen LogP contribution in [0.1, 0.15) is 60.8 Å².